The highest BCUT2D eigenvalue weighted by molar-refractivity contribution is 5.29. The quantitative estimate of drug-likeness (QED) is 0.832. The van der Waals surface area contributed by atoms with Crippen molar-refractivity contribution in [1.82, 2.24) is 5.32 Å². The molecule has 2 nitrogen and oxygen atoms in total. The SMILES string of the molecule is CC(C)c1cc(C2CNCCO2)ccc1F. The van der Waals surface area contributed by atoms with E-state index in [9.17, 15) is 4.39 Å². The van der Waals surface area contributed by atoms with E-state index in [0.717, 1.165) is 30.8 Å². The predicted octanol–water partition coefficient (Wildman–Crippen LogP) is 2.61. The van der Waals surface area contributed by atoms with Crippen molar-refractivity contribution in [1.29, 1.82) is 0 Å². The molecule has 88 valence electrons. The van der Waals surface area contributed by atoms with Gasteiger partial charge in [-0.2, -0.15) is 0 Å². The van der Waals surface area contributed by atoms with E-state index in [0.29, 0.717) is 0 Å². The largest absolute Gasteiger partial charge is 0.371 e. The second-order valence-corrected chi connectivity index (χ2v) is 4.50. The number of hydrogen-bond acceptors (Lipinski definition) is 2. The molecule has 0 bridgehead atoms. The molecular weight excluding hydrogens is 205 g/mol. The lowest BCUT2D eigenvalue weighted by Crippen LogP contribution is -2.33. The Bertz CT molecular complexity index is 359. The van der Waals surface area contributed by atoms with E-state index in [1.54, 1.807) is 6.07 Å². The molecule has 1 N–H and O–H groups in total. The van der Waals surface area contributed by atoms with E-state index in [1.807, 2.05) is 26.0 Å². The molecular formula is C13H18FNO. The van der Waals surface area contributed by atoms with Gasteiger partial charge in [-0.05, 0) is 29.2 Å². The van der Waals surface area contributed by atoms with Crippen LogP contribution in [0.15, 0.2) is 18.2 Å². The number of ether oxygens (including phenoxy) is 1. The summed E-state index contributed by atoms with van der Waals surface area (Å²) in [5.41, 5.74) is 1.84. The molecule has 1 atom stereocenters. The predicted molar refractivity (Wildman–Crippen MR) is 62.1 cm³/mol. The monoisotopic (exact) mass is 223 g/mol. The minimum atomic E-state index is -0.123. The summed E-state index contributed by atoms with van der Waals surface area (Å²) >= 11 is 0. The zero-order valence-electron chi connectivity index (χ0n) is 9.79. The average molecular weight is 223 g/mol. The third-order valence-corrected chi connectivity index (χ3v) is 2.94. The average Bonchev–Trinajstić information content (AvgIpc) is 2.30. The molecule has 1 unspecified atom stereocenters. The molecule has 0 spiro atoms. The Morgan fingerprint density at radius 3 is 2.88 bits per heavy atom. The van der Waals surface area contributed by atoms with Crippen LogP contribution in [0.3, 0.4) is 0 Å². The molecule has 2 rings (SSSR count). The normalized spacial score (nSPS) is 21.4. The van der Waals surface area contributed by atoms with Crippen molar-refractivity contribution < 1.29 is 9.13 Å². The van der Waals surface area contributed by atoms with Crippen LogP contribution in [0.2, 0.25) is 0 Å². The van der Waals surface area contributed by atoms with Crippen molar-refractivity contribution in [3.63, 3.8) is 0 Å². The van der Waals surface area contributed by atoms with Crippen LogP contribution in [0.5, 0.6) is 0 Å². The molecule has 0 saturated carbocycles. The molecule has 16 heavy (non-hydrogen) atoms. The van der Waals surface area contributed by atoms with Gasteiger partial charge in [0.1, 0.15) is 5.82 Å². The minimum Gasteiger partial charge on any atom is -0.371 e. The van der Waals surface area contributed by atoms with Crippen LogP contribution < -0.4 is 5.32 Å². The van der Waals surface area contributed by atoms with Gasteiger partial charge in [0.15, 0.2) is 0 Å². The Balaban J connectivity index is 2.24. The van der Waals surface area contributed by atoms with Gasteiger partial charge in [0.2, 0.25) is 0 Å². The summed E-state index contributed by atoms with van der Waals surface area (Å²) in [5, 5.41) is 3.28. The molecule has 1 aliphatic heterocycles. The summed E-state index contributed by atoms with van der Waals surface area (Å²) in [6, 6.07) is 5.29. The Kier molecular flexibility index (Phi) is 3.56. The Morgan fingerprint density at radius 1 is 1.44 bits per heavy atom. The van der Waals surface area contributed by atoms with Crippen LogP contribution in [0, 0.1) is 5.82 Å². The molecule has 0 aliphatic carbocycles. The highest BCUT2D eigenvalue weighted by Crippen LogP contribution is 2.25. The highest BCUT2D eigenvalue weighted by Gasteiger charge is 2.17. The summed E-state index contributed by atoms with van der Waals surface area (Å²) in [4.78, 5) is 0. The summed E-state index contributed by atoms with van der Waals surface area (Å²) in [5.74, 6) is 0.0824. The maximum atomic E-state index is 13.5. The molecule has 1 aliphatic rings. The van der Waals surface area contributed by atoms with Crippen molar-refractivity contribution >= 4 is 0 Å². The van der Waals surface area contributed by atoms with Gasteiger partial charge < -0.3 is 10.1 Å². The number of morpholine rings is 1. The van der Waals surface area contributed by atoms with Gasteiger partial charge in [-0.1, -0.05) is 19.9 Å². The highest BCUT2D eigenvalue weighted by atomic mass is 19.1. The molecule has 0 aromatic heterocycles. The first-order valence-corrected chi connectivity index (χ1v) is 5.80. The third kappa shape index (κ3) is 2.42. The zero-order valence-corrected chi connectivity index (χ0v) is 9.79. The van der Waals surface area contributed by atoms with Crippen LogP contribution in [-0.4, -0.2) is 19.7 Å². The van der Waals surface area contributed by atoms with Gasteiger partial charge in [-0.3, -0.25) is 0 Å². The van der Waals surface area contributed by atoms with E-state index in [1.165, 1.54) is 0 Å². The Hall–Kier alpha value is -0.930. The summed E-state index contributed by atoms with van der Waals surface area (Å²) < 4.78 is 19.2. The van der Waals surface area contributed by atoms with E-state index in [2.05, 4.69) is 5.32 Å². The first-order chi connectivity index (χ1) is 7.68. The lowest BCUT2D eigenvalue weighted by molar-refractivity contribution is 0.0276. The van der Waals surface area contributed by atoms with E-state index in [4.69, 9.17) is 4.74 Å². The van der Waals surface area contributed by atoms with Gasteiger partial charge in [-0.25, -0.2) is 4.39 Å². The fraction of sp³-hybridized carbons (Fsp3) is 0.538. The van der Waals surface area contributed by atoms with Crippen molar-refractivity contribution in [3.8, 4) is 0 Å². The Morgan fingerprint density at radius 2 is 2.25 bits per heavy atom. The van der Waals surface area contributed by atoms with Gasteiger partial charge in [0.25, 0.3) is 0 Å². The van der Waals surface area contributed by atoms with Crippen LogP contribution in [-0.2, 0) is 4.74 Å². The number of halogens is 1. The second-order valence-electron chi connectivity index (χ2n) is 4.50. The third-order valence-electron chi connectivity index (χ3n) is 2.94. The lowest BCUT2D eigenvalue weighted by atomic mass is 9.97. The van der Waals surface area contributed by atoms with Gasteiger partial charge in [0.05, 0.1) is 12.7 Å². The van der Waals surface area contributed by atoms with E-state index >= 15 is 0 Å². The van der Waals surface area contributed by atoms with Gasteiger partial charge in [-0.15, -0.1) is 0 Å². The van der Waals surface area contributed by atoms with Crippen LogP contribution >= 0.6 is 0 Å². The van der Waals surface area contributed by atoms with Crippen LogP contribution in [0.4, 0.5) is 4.39 Å². The second kappa shape index (κ2) is 4.93. The molecule has 1 aromatic carbocycles. The smallest absolute Gasteiger partial charge is 0.126 e. The van der Waals surface area contributed by atoms with E-state index < -0.39 is 0 Å². The summed E-state index contributed by atoms with van der Waals surface area (Å²) in [6.07, 6.45) is 0.0619. The maximum Gasteiger partial charge on any atom is 0.126 e. The van der Waals surface area contributed by atoms with Gasteiger partial charge >= 0.3 is 0 Å². The van der Waals surface area contributed by atoms with Crippen molar-refractivity contribution in [2.75, 3.05) is 19.7 Å². The molecule has 0 amide bonds. The molecule has 3 heteroatoms. The fourth-order valence-corrected chi connectivity index (χ4v) is 1.98. The standard InChI is InChI=1S/C13H18FNO/c1-9(2)11-7-10(3-4-12(11)14)13-8-15-5-6-16-13/h3-4,7,9,13,15H,5-6,8H2,1-2H3. The Labute approximate surface area is 95.8 Å². The van der Waals surface area contributed by atoms with Crippen molar-refractivity contribution in [2.24, 2.45) is 0 Å². The first kappa shape index (κ1) is 11.6. The fourth-order valence-electron chi connectivity index (χ4n) is 1.98. The van der Waals surface area contributed by atoms with Gasteiger partial charge in [0, 0.05) is 13.1 Å². The first-order valence-electron chi connectivity index (χ1n) is 5.80. The topological polar surface area (TPSA) is 21.3 Å². The van der Waals surface area contributed by atoms with Crippen LogP contribution in [0.25, 0.3) is 0 Å². The molecule has 1 heterocycles. The van der Waals surface area contributed by atoms with Crippen molar-refractivity contribution in [3.05, 3.63) is 35.1 Å². The lowest BCUT2D eigenvalue weighted by Gasteiger charge is -2.24. The number of rotatable bonds is 2. The minimum absolute atomic E-state index is 0.0619. The number of nitrogens with one attached hydrogen (secondary N) is 1. The summed E-state index contributed by atoms with van der Waals surface area (Å²) in [6.45, 7) is 6.43. The molecule has 1 aromatic rings. The van der Waals surface area contributed by atoms with Crippen LogP contribution in [0.1, 0.15) is 37.0 Å². The van der Waals surface area contributed by atoms with E-state index in [-0.39, 0.29) is 17.8 Å². The number of benzene rings is 1. The summed E-state index contributed by atoms with van der Waals surface area (Å²) in [7, 11) is 0. The molecule has 1 saturated heterocycles. The molecule has 0 radical (unpaired) electrons. The number of hydrogen-bond donors (Lipinski definition) is 1. The van der Waals surface area contributed by atoms with Crippen molar-refractivity contribution in [2.45, 2.75) is 25.9 Å². The maximum absolute atomic E-state index is 13.5. The zero-order chi connectivity index (χ0) is 11.5. The molecule has 1 fully saturated rings.